The van der Waals surface area contributed by atoms with Gasteiger partial charge in [-0.3, -0.25) is 0 Å². The second kappa shape index (κ2) is 9.82. The first kappa shape index (κ1) is 16.0. The molecule has 1 N–H and O–H groups in total. The lowest BCUT2D eigenvalue weighted by atomic mass is 10.1. The third-order valence-corrected chi connectivity index (χ3v) is 2.89. The van der Waals surface area contributed by atoms with E-state index in [0.717, 1.165) is 38.3 Å². The van der Waals surface area contributed by atoms with Crippen LogP contribution >= 0.6 is 0 Å². The van der Waals surface area contributed by atoms with Crippen molar-refractivity contribution in [2.75, 3.05) is 26.4 Å². The first-order chi connectivity index (χ1) is 9.33. The molecular formula is C16H27NO2. The standard InChI is InChI=1S/C16H27NO2/c1-4-11-17-15(13-18-6-3)14-9-7-8-10-16(14)19-12-5-2/h7-10,15,17H,4-6,11-13H2,1-3H3. The summed E-state index contributed by atoms with van der Waals surface area (Å²) >= 11 is 0. The van der Waals surface area contributed by atoms with Gasteiger partial charge in [-0.1, -0.05) is 32.0 Å². The molecular weight excluding hydrogens is 238 g/mol. The Labute approximate surface area is 117 Å². The highest BCUT2D eigenvalue weighted by atomic mass is 16.5. The summed E-state index contributed by atoms with van der Waals surface area (Å²) in [5.41, 5.74) is 1.19. The van der Waals surface area contributed by atoms with Crippen molar-refractivity contribution in [3.8, 4) is 5.75 Å². The van der Waals surface area contributed by atoms with Crippen LogP contribution in [-0.4, -0.2) is 26.4 Å². The molecule has 1 atom stereocenters. The van der Waals surface area contributed by atoms with Gasteiger partial charge < -0.3 is 14.8 Å². The summed E-state index contributed by atoms with van der Waals surface area (Å²) in [5.74, 6) is 0.970. The zero-order valence-corrected chi connectivity index (χ0v) is 12.4. The molecule has 0 bridgehead atoms. The van der Waals surface area contributed by atoms with Crippen molar-refractivity contribution in [2.45, 2.75) is 39.7 Å². The third kappa shape index (κ3) is 5.62. The van der Waals surface area contributed by atoms with Gasteiger partial charge in [-0.25, -0.2) is 0 Å². The first-order valence-corrected chi connectivity index (χ1v) is 7.36. The molecule has 1 aromatic rings. The summed E-state index contributed by atoms with van der Waals surface area (Å²) < 4.78 is 11.4. The number of rotatable bonds is 10. The Morgan fingerprint density at radius 3 is 2.58 bits per heavy atom. The van der Waals surface area contributed by atoms with Crippen LogP contribution in [0, 0.1) is 0 Å². The zero-order valence-electron chi connectivity index (χ0n) is 12.4. The molecule has 0 radical (unpaired) electrons. The smallest absolute Gasteiger partial charge is 0.124 e. The minimum Gasteiger partial charge on any atom is -0.493 e. The minimum absolute atomic E-state index is 0.202. The Bertz CT molecular complexity index is 333. The van der Waals surface area contributed by atoms with Crippen LogP contribution in [-0.2, 0) is 4.74 Å². The molecule has 108 valence electrons. The Kier molecular flexibility index (Phi) is 8.26. The van der Waals surface area contributed by atoms with E-state index in [1.54, 1.807) is 0 Å². The molecule has 1 unspecified atom stereocenters. The first-order valence-electron chi connectivity index (χ1n) is 7.36. The molecule has 0 aliphatic heterocycles. The van der Waals surface area contributed by atoms with Gasteiger partial charge in [0.25, 0.3) is 0 Å². The maximum absolute atomic E-state index is 5.83. The fraction of sp³-hybridized carbons (Fsp3) is 0.625. The summed E-state index contributed by atoms with van der Waals surface area (Å²) in [6.45, 7) is 9.48. The summed E-state index contributed by atoms with van der Waals surface area (Å²) in [5, 5.41) is 3.53. The van der Waals surface area contributed by atoms with Gasteiger partial charge in [-0.05, 0) is 32.4 Å². The van der Waals surface area contributed by atoms with E-state index in [1.807, 2.05) is 19.1 Å². The molecule has 1 aromatic carbocycles. The maximum Gasteiger partial charge on any atom is 0.124 e. The minimum atomic E-state index is 0.202. The SMILES string of the molecule is CCCNC(COCC)c1ccccc1OCCC. The van der Waals surface area contributed by atoms with Gasteiger partial charge in [-0.15, -0.1) is 0 Å². The van der Waals surface area contributed by atoms with E-state index in [4.69, 9.17) is 9.47 Å². The number of benzene rings is 1. The Morgan fingerprint density at radius 2 is 1.89 bits per heavy atom. The second-order valence-corrected chi connectivity index (χ2v) is 4.55. The summed E-state index contributed by atoms with van der Waals surface area (Å²) in [4.78, 5) is 0. The van der Waals surface area contributed by atoms with E-state index in [0.29, 0.717) is 6.61 Å². The van der Waals surface area contributed by atoms with Crippen LogP contribution in [0.5, 0.6) is 5.75 Å². The monoisotopic (exact) mass is 265 g/mol. The molecule has 0 amide bonds. The van der Waals surface area contributed by atoms with Crippen LogP contribution in [0.4, 0.5) is 0 Å². The average molecular weight is 265 g/mol. The predicted octanol–water partition coefficient (Wildman–Crippen LogP) is 3.55. The van der Waals surface area contributed by atoms with Crippen molar-refractivity contribution in [2.24, 2.45) is 0 Å². The highest BCUT2D eigenvalue weighted by Crippen LogP contribution is 2.25. The molecule has 19 heavy (non-hydrogen) atoms. The number of ether oxygens (including phenoxy) is 2. The van der Waals surface area contributed by atoms with Crippen LogP contribution < -0.4 is 10.1 Å². The highest BCUT2D eigenvalue weighted by molar-refractivity contribution is 5.36. The highest BCUT2D eigenvalue weighted by Gasteiger charge is 2.15. The summed E-state index contributed by atoms with van der Waals surface area (Å²) in [7, 11) is 0. The maximum atomic E-state index is 5.83. The van der Waals surface area contributed by atoms with E-state index >= 15 is 0 Å². The van der Waals surface area contributed by atoms with Crippen molar-refractivity contribution < 1.29 is 9.47 Å². The molecule has 0 saturated carbocycles. The van der Waals surface area contributed by atoms with Gasteiger partial charge in [0, 0.05) is 12.2 Å². The average Bonchev–Trinajstić information content (AvgIpc) is 2.46. The van der Waals surface area contributed by atoms with Crippen molar-refractivity contribution >= 4 is 0 Å². The van der Waals surface area contributed by atoms with E-state index in [1.165, 1.54) is 5.56 Å². The van der Waals surface area contributed by atoms with Crippen molar-refractivity contribution in [1.82, 2.24) is 5.32 Å². The molecule has 3 nitrogen and oxygen atoms in total. The number of hydrogen-bond acceptors (Lipinski definition) is 3. The molecule has 0 fully saturated rings. The quantitative estimate of drug-likeness (QED) is 0.701. The predicted molar refractivity (Wildman–Crippen MR) is 79.8 cm³/mol. The zero-order chi connectivity index (χ0) is 13.9. The van der Waals surface area contributed by atoms with E-state index in [-0.39, 0.29) is 6.04 Å². The lowest BCUT2D eigenvalue weighted by Crippen LogP contribution is -2.27. The topological polar surface area (TPSA) is 30.5 Å². The van der Waals surface area contributed by atoms with E-state index in [2.05, 4.69) is 31.3 Å². The van der Waals surface area contributed by atoms with Crippen LogP contribution in [0.15, 0.2) is 24.3 Å². The fourth-order valence-corrected chi connectivity index (χ4v) is 1.92. The molecule has 0 spiro atoms. The largest absolute Gasteiger partial charge is 0.493 e. The van der Waals surface area contributed by atoms with Gasteiger partial charge >= 0.3 is 0 Å². The van der Waals surface area contributed by atoms with Gasteiger partial charge in [0.05, 0.1) is 19.3 Å². The lowest BCUT2D eigenvalue weighted by Gasteiger charge is -2.21. The van der Waals surface area contributed by atoms with Crippen LogP contribution in [0.1, 0.15) is 45.2 Å². The van der Waals surface area contributed by atoms with E-state index < -0.39 is 0 Å². The molecule has 0 saturated heterocycles. The summed E-state index contributed by atoms with van der Waals surface area (Å²) in [6, 6.07) is 8.44. The Balaban J connectivity index is 2.79. The number of nitrogens with one attached hydrogen (secondary N) is 1. The molecule has 0 aliphatic carbocycles. The third-order valence-electron chi connectivity index (χ3n) is 2.89. The number of hydrogen-bond donors (Lipinski definition) is 1. The van der Waals surface area contributed by atoms with Crippen molar-refractivity contribution in [3.05, 3.63) is 29.8 Å². The van der Waals surface area contributed by atoms with Crippen molar-refractivity contribution in [1.29, 1.82) is 0 Å². The van der Waals surface area contributed by atoms with Gasteiger partial charge in [0.2, 0.25) is 0 Å². The number of para-hydroxylation sites is 1. The molecule has 1 rings (SSSR count). The van der Waals surface area contributed by atoms with Gasteiger partial charge in [0.15, 0.2) is 0 Å². The molecule has 0 heterocycles. The summed E-state index contributed by atoms with van der Waals surface area (Å²) in [6.07, 6.45) is 2.13. The second-order valence-electron chi connectivity index (χ2n) is 4.55. The fourth-order valence-electron chi connectivity index (χ4n) is 1.92. The van der Waals surface area contributed by atoms with Gasteiger partial charge in [-0.2, -0.15) is 0 Å². The molecule has 0 aliphatic rings. The van der Waals surface area contributed by atoms with Gasteiger partial charge in [0.1, 0.15) is 5.75 Å². The lowest BCUT2D eigenvalue weighted by molar-refractivity contribution is 0.121. The Morgan fingerprint density at radius 1 is 1.11 bits per heavy atom. The van der Waals surface area contributed by atoms with Crippen LogP contribution in [0.2, 0.25) is 0 Å². The molecule has 0 aromatic heterocycles. The van der Waals surface area contributed by atoms with Crippen LogP contribution in [0.3, 0.4) is 0 Å². The van der Waals surface area contributed by atoms with E-state index in [9.17, 15) is 0 Å². The van der Waals surface area contributed by atoms with Crippen LogP contribution in [0.25, 0.3) is 0 Å². The normalized spacial score (nSPS) is 12.4. The molecule has 3 heteroatoms. The Hall–Kier alpha value is -1.06. The van der Waals surface area contributed by atoms with Crippen molar-refractivity contribution in [3.63, 3.8) is 0 Å².